The van der Waals surface area contributed by atoms with Crippen molar-refractivity contribution in [3.05, 3.63) is 53.3 Å². The molecule has 0 unspecified atom stereocenters. The maximum absolute atomic E-state index is 11.3. The lowest BCUT2D eigenvalue weighted by Crippen LogP contribution is -1.94. The molecule has 1 aromatic carbocycles. The summed E-state index contributed by atoms with van der Waals surface area (Å²) < 4.78 is 0. The Hall–Kier alpha value is -1.96. The Morgan fingerprint density at radius 1 is 0.941 bits per heavy atom. The van der Waals surface area contributed by atoms with Crippen LogP contribution in [0.3, 0.4) is 0 Å². The van der Waals surface area contributed by atoms with Crippen molar-refractivity contribution < 1.29 is 4.79 Å². The van der Waals surface area contributed by atoms with Gasteiger partial charge in [0.15, 0.2) is 5.78 Å². The molecule has 2 nitrogen and oxygen atoms in total. The Bertz CT molecular complexity index is 553. The summed E-state index contributed by atoms with van der Waals surface area (Å²) in [6, 6.07) is 8.23. The SMILES string of the molecule is CC(=O)c1cncc(-c2cc(C)cc(C)c2)c1. The molecule has 2 aromatic rings. The third-order valence-electron chi connectivity index (χ3n) is 2.70. The molecule has 0 fully saturated rings. The molecule has 0 amide bonds. The summed E-state index contributed by atoms with van der Waals surface area (Å²) >= 11 is 0. The number of pyridine rings is 1. The monoisotopic (exact) mass is 225 g/mol. The number of Topliss-reactive ketones (excluding diaryl/α,β-unsaturated/α-hetero) is 1. The fourth-order valence-electron chi connectivity index (χ4n) is 1.93. The van der Waals surface area contributed by atoms with Crippen molar-refractivity contribution in [2.24, 2.45) is 0 Å². The second-order valence-electron chi connectivity index (χ2n) is 4.39. The highest BCUT2D eigenvalue weighted by molar-refractivity contribution is 5.94. The molecule has 1 aromatic heterocycles. The zero-order valence-corrected chi connectivity index (χ0v) is 10.3. The molecular weight excluding hydrogens is 210 g/mol. The van der Waals surface area contributed by atoms with Gasteiger partial charge in [-0.1, -0.05) is 29.3 Å². The molecule has 2 heteroatoms. The Morgan fingerprint density at radius 2 is 1.59 bits per heavy atom. The van der Waals surface area contributed by atoms with Gasteiger partial charge in [0.05, 0.1) is 0 Å². The highest BCUT2D eigenvalue weighted by Gasteiger charge is 2.04. The normalized spacial score (nSPS) is 10.3. The molecule has 0 aliphatic heterocycles. The molecule has 0 aliphatic carbocycles. The van der Waals surface area contributed by atoms with Crippen LogP contribution in [0.25, 0.3) is 11.1 Å². The lowest BCUT2D eigenvalue weighted by Gasteiger charge is -2.06. The summed E-state index contributed by atoms with van der Waals surface area (Å²) in [5.41, 5.74) is 5.19. The first-order chi connectivity index (χ1) is 8.06. The van der Waals surface area contributed by atoms with E-state index in [2.05, 4.69) is 37.0 Å². The molecule has 0 saturated carbocycles. The van der Waals surface area contributed by atoms with E-state index in [1.807, 2.05) is 6.07 Å². The first-order valence-corrected chi connectivity index (χ1v) is 5.61. The van der Waals surface area contributed by atoms with Crippen molar-refractivity contribution in [2.75, 3.05) is 0 Å². The van der Waals surface area contributed by atoms with Crippen LogP contribution in [0.4, 0.5) is 0 Å². The topological polar surface area (TPSA) is 30.0 Å². The van der Waals surface area contributed by atoms with Gasteiger partial charge in [0.1, 0.15) is 0 Å². The van der Waals surface area contributed by atoms with E-state index < -0.39 is 0 Å². The van der Waals surface area contributed by atoms with Crippen molar-refractivity contribution in [3.8, 4) is 11.1 Å². The molecule has 0 radical (unpaired) electrons. The quantitative estimate of drug-likeness (QED) is 0.731. The van der Waals surface area contributed by atoms with E-state index in [0.717, 1.165) is 11.1 Å². The molecule has 0 saturated heterocycles. The minimum absolute atomic E-state index is 0.0451. The average Bonchev–Trinajstić information content (AvgIpc) is 2.28. The van der Waals surface area contributed by atoms with E-state index in [0.29, 0.717) is 5.56 Å². The summed E-state index contributed by atoms with van der Waals surface area (Å²) in [5.74, 6) is 0.0451. The minimum Gasteiger partial charge on any atom is -0.294 e. The molecule has 0 aliphatic rings. The van der Waals surface area contributed by atoms with Crippen LogP contribution >= 0.6 is 0 Å². The highest BCUT2D eigenvalue weighted by Crippen LogP contribution is 2.22. The second kappa shape index (κ2) is 4.50. The largest absolute Gasteiger partial charge is 0.294 e. The lowest BCUT2D eigenvalue weighted by atomic mass is 10.0. The Kier molecular flexibility index (Phi) is 3.05. The van der Waals surface area contributed by atoms with Crippen LogP contribution < -0.4 is 0 Å². The fourth-order valence-corrected chi connectivity index (χ4v) is 1.93. The summed E-state index contributed by atoms with van der Waals surface area (Å²) in [7, 11) is 0. The smallest absolute Gasteiger partial charge is 0.161 e. The van der Waals surface area contributed by atoms with Crippen LogP contribution in [-0.4, -0.2) is 10.8 Å². The van der Waals surface area contributed by atoms with Crippen LogP contribution in [0.1, 0.15) is 28.4 Å². The molecule has 17 heavy (non-hydrogen) atoms. The number of ketones is 1. The first kappa shape index (κ1) is 11.5. The number of carbonyl (C=O) groups excluding carboxylic acids is 1. The molecular formula is C15H15NO. The van der Waals surface area contributed by atoms with Gasteiger partial charge in [-0.2, -0.15) is 0 Å². The van der Waals surface area contributed by atoms with Gasteiger partial charge in [0.25, 0.3) is 0 Å². The Balaban J connectivity index is 2.52. The fraction of sp³-hybridized carbons (Fsp3) is 0.200. The van der Waals surface area contributed by atoms with Gasteiger partial charge in [-0.05, 0) is 32.4 Å². The van der Waals surface area contributed by atoms with Crippen LogP contribution in [0.5, 0.6) is 0 Å². The van der Waals surface area contributed by atoms with Gasteiger partial charge in [-0.25, -0.2) is 0 Å². The number of hydrogen-bond donors (Lipinski definition) is 0. The van der Waals surface area contributed by atoms with Crippen LogP contribution in [0.15, 0.2) is 36.7 Å². The number of carbonyl (C=O) groups is 1. The zero-order valence-electron chi connectivity index (χ0n) is 10.3. The maximum Gasteiger partial charge on any atom is 0.161 e. The maximum atomic E-state index is 11.3. The molecule has 0 atom stereocenters. The summed E-state index contributed by atoms with van der Waals surface area (Å²) in [6.07, 6.45) is 3.40. The van der Waals surface area contributed by atoms with Gasteiger partial charge in [0, 0.05) is 23.5 Å². The number of aryl methyl sites for hydroxylation is 2. The third-order valence-corrected chi connectivity index (χ3v) is 2.70. The van der Waals surface area contributed by atoms with Gasteiger partial charge in [-0.3, -0.25) is 9.78 Å². The number of nitrogens with zero attached hydrogens (tertiary/aromatic N) is 1. The van der Waals surface area contributed by atoms with Crippen molar-refractivity contribution in [1.29, 1.82) is 0 Å². The van der Waals surface area contributed by atoms with E-state index in [-0.39, 0.29) is 5.78 Å². The molecule has 86 valence electrons. The van der Waals surface area contributed by atoms with Crippen molar-refractivity contribution in [1.82, 2.24) is 4.98 Å². The molecule has 0 bridgehead atoms. The number of benzene rings is 1. The second-order valence-corrected chi connectivity index (χ2v) is 4.39. The van der Waals surface area contributed by atoms with Crippen molar-refractivity contribution >= 4 is 5.78 Å². The third kappa shape index (κ3) is 2.59. The van der Waals surface area contributed by atoms with E-state index in [4.69, 9.17) is 0 Å². The Labute approximate surface area is 101 Å². The molecule has 0 spiro atoms. The Morgan fingerprint density at radius 3 is 2.18 bits per heavy atom. The van der Waals surface area contributed by atoms with E-state index in [9.17, 15) is 4.79 Å². The highest BCUT2D eigenvalue weighted by atomic mass is 16.1. The van der Waals surface area contributed by atoms with Crippen LogP contribution in [0.2, 0.25) is 0 Å². The van der Waals surface area contributed by atoms with Crippen molar-refractivity contribution in [2.45, 2.75) is 20.8 Å². The number of hydrogen-bond acceptors (Lipinski definition) is 2. The van der Waals surface area contributed by atoms with Gasteiger partial charge < -0.3 is 0 Å². The van der Waals surface area contributed by atoms with Crippen LogP contribution in [0, 0.1) is 13.8 Å². The van der Waals surface area contributed by atoms with Gasteiger partial charge in [-0.15, -0.1) is 0 Å². The standard InChI is InChI=1S/C15H15NO/c1-10-4-11(2)6-13(5-10)15-7-14(12(3)17)8-16-9-15/h4-9H,1-3H3. The zero-order chi connectivity index (χ0) is 12.4. The van der Waals surface area contributed by atoms with E-state index >= 15 is 0 Å². The molecule has 0 N–H and O–H groups in total. The molecule has 1 heterocycles. The van der Waals surface area contributed by atoms with Gasteiger partial charge in [0.2, 0.25) is 0 Å². The lowest BCUT2D eigenvalue weighted by molar-refractivity contribution is 0.101. The average molecular weight is 225 g/mol. The van der Waals surface area contributed by atoms with E-state index in [1.165, 1.54) is 11.1 Å². The predicted molar refractivity (Wildman–Crippen MR) is 69.2 cm³/mol. The van der Waals surface area contributed by atoms with Crippen molar-refractivity contribution in [3.63, 3.8) is 0 Å². The first-order valence-electron chi connectivity index (χ1n) is 5.61. The van der Waals surface area contributed by atoms with E-state index in [1.54, 1.807) is 19.3 Å². The summed E-state index contributed by atoms with van der Waals surface area (Å²) in [4.78, 5) is 15.4. The predicted octanol–water partition coefficient (Wildman–Crippen LogP) is 3.57. The summed E-state index contributed by atoms with van der Waals surface area (Å²) in [6.45, 7) is 5.69. The van der Waals surface area contributed by atoms with Gasteiger partial charge >= 0.3 is 0 Å². The minimum atomic E-state index is 0.0451. The number of rotatable bonds is 2. The number of aromatic nitrogens is 1. The molecule has 2 rings (SSSR count). The summed E-state index contributed by atoms with van der Waals surface area (Å²) in [5, 5.41) is 0. The van der Waals surface area contributed by atoms with Crippen LogP contribution in [-0.2, 0) is 0 Å².